The molecule has 8 nitrogen and oxygen atoms in total. The number of hydrogen-bond acceptors (Lipinski definition) is 4. The highest BCUT2D eigenvalue weighted by Gasteiger charge is 2.47. The Balaban J connectivity index is 1.55. The Bertz CT molecular complexity index is 1170. The minimum atomic E-state index is -0.794. The predicted octanol–water partition coefficient (Wildman–Crippen LogP) is 2.31. The van der Waals surface area contributed by atoms with Crippen molar-refractivity contribution < 1.29 is 19.9 Å². The molecule has 1 aromatic heterocycles. The molecule has 3 heterocycles. The zero-order chi connectivity index (χ0) is 21.7. The summed E-state index contributed by atoms with van der Waals surface area (Å²) in [5, 5.41) is 20.6. The predicted molar refractivity (Wildman–Crippen MR) is 114 cm³/mol. The summed E-state index contributed by atoms with van der Waals surface area (Å²) in [7, 11) is 0. The van der Waals surface area contributed by atoms with Crippen molar-refractivity contribution in [1.82, 2.24) is 19.8 Å². The molecule has 5 rings (SSSR count). The number of likely N-dealkylation sites (N-methyl/N-ethyl adjacent to an activating group) is 1. The van der Waals surface area contributed by atoms with E-state index in [1.54, 1.807) is 22.5 Å². The number of nitrogens with one attached hydrogen (secondary N) is 1. The Labute approximate surface area is 179 Å². The van der Waals surface area contributed by atoms with Gasteiger partial charge in [-0.15, -0.1) is 0 Å². The van der Waals surface area contributed by atoms with Crippen LogP contribution in [0.5, 0.6) is 0 Å². The Morgan fingerprint density at radius 2 is 1.90 bits per heavy atom. The van der Waals surface area contributed by atoms with Crippen LogP contribution in [0.25, 0.3) is 10.9 Å². The molecule has 1 fully saturated rings. The van der Waals surface area contributed by atoms with Gasteiger partial charge in [0.05, 0.1) is 12.6 Å². The van der Waals surface area contributed by atoms with Gasteiger partial charge in [-0.2, -0.15) is 0 Å². The summed E-state index contributed by atoms with van der Waals surface area (Å²) >= 11 is 0. The molecule has 3 amide bonds. The largest absolute Gasteiger partial charge is 0.371 e. The highest BCUT2D eigenvalue weighted by atomic mass is 16.5. The molecule has 0 spiro atoms. The van der Waals surface area contributed by atoms with Crippen LogP contribution >= 0.6 is 0 Å². The number of benzene rings is 2. The van der Waals surface area contributed by atoms with Gasteiger partial charge < -0.3 is 14.6 Å². The molecule has 0 saturated carbocycles. The van der Waals surface area contributed by atoms with Crippen molar-refractivity contribution in [3.8, 4) is 0 Å². The van der Waals surface area contributed by atoms with Gasteiger partial charge >= 0.3 is 6.03 Å². The number of nitrogens with zero attached hydrogens (tertiary/aromatic N) is 3. The molecule has 2 aliphatic heterocycles. The van der Waals surface area contributed by atoms with E-state index in [1.165, 1.54) is 10.5 Å². The number of fused-ring (bicyclic) bond motifs is 4. The number of aliphatic hydroxyl groups excluding tert-OH is 1. The average Bonchev–Trinajstić information content (AvgIpc) is 3.23. The number of urea groups is 1. The fourth-order valence-electron chi connectivity index (χ4n) is 4.91. The summed E-state index contributed by atoms with van der Waals surface area (Å²) < 4.78 is 2.22. The molecule has 2 aliphatic rings. The fraction of sp³-hybridized carbons (Fsp3) is 0.304. The van der Waals surface area contributed by atoms with Crippen LogP contribution in [0.15, 0.2) is 48.5 Å². The molecule has 1 saturated heterocycles. The summed E-state index contributed by atoms with van der Waals surface area (Å²) in [5.41, 5.74) is 6.36. The third-order valence-corrected chi connectivity index (χ3v) is 6.48. The Hall–Kier alpha value is -3.36. The standard InChI is InChI=1S/C23H24N4O4/c1-2-25-22(29)19-11-17-16-5-3-4-6-18(16)26(20(17)13-27(19)23(25)30)12-14-7-9-15(10-8-14)21(28)24-31/h3-10,19,22,29,31H,2,11-13H2,1H3,(H,24,28). The lowest BCUT2D eigenvalue weighted by atomic mass is 9.97. The van der Waals surface area contributed by atoms with Crippen molar-refractivity contribution in [2.24, 2.45) is 0 Å². The van der Waals surface area contributed by atoms with Crippen LogP contribution in [0, 0.1) is 0 Å². The second-order valence-corrected chi connectivity index (χ2v) is 8.05. The van der Waals surface area contributed by atoms with E-state index in [0.717, 1.165) is 22.2 Å². The highest BCUT2D eigenvalue weighted by molar-refractivity contribution is 5.93. The van der Waals surface area contributed by atoms with Gasteiger partial charge in [-0.3, -0.25) is 14.9 Å². The van der Waals surface area contributed by atoms with Crippen molar-refractivity contribution in [3.05, 3.63) is 70.9 Å². The minimum absolute atomic E-state index is 0.123. The second kappa shape index (κ2) is 7.40. The lowest BCUT2D eigenvalue weighted by Gasteiger charge is -2.30. The van der Waals surface area contributed by atoms with Crippen LogP contribution < -0.4 is 5.48 Å². The number of carbonyl (C=O) groups is 2. The topological polar surface area (TPSA) is 98.0 Å². The SMILES string of the molecule is CCN1C(=O)N2Cc3c(c4ccccc4n3Cc3ccc(C(=O)NO)cc3)CC2C1O. The molecule has 2 aromatic carbocycles. The summed E-state index contributed by atoms with van der Waals surface area (Å²) in [6, 6.07) is 14.9. The number of aromatic nitrogens is 1. The van der Waals surface area contributed by atoms with E-state index in [4.69, 9.17) is 5.21 Å². The van der Waals surface area contributed by atoms with Crippen LogP contribution in [-0.4, -0.2) is 55.4 Å². The van der Waals surface area contributed by atoms with E-state index in [2.05, 4.69) is 16.7 Å². The molecule has 2 unspecified atom stereocenters. The smallest absolute Gasteiger partial charge is 0.322 e. The van der Waals surface area contributed by atoms with Gasteiger partial charge in [-0.1, -0.05) is 30.3 Å². The van der Waals surface area contributed by atoms with Gasteiger partial charge in [0.2, 0.25) is 0 Å². The molecule has 0 radical (unpaired) electrons. The number of aliphatic hydroxyl groups is 1. The van der Waals surface area contributed by atoms with Gasteiger partial charge in [0.15, 0.2) is 6.23 Å². The Kier molecular flexibility index (Phi) is 4.68. The molecule has 3 N–H and O–H groups in total. The molecule has 0 bridgehead atoms. The first-order valence-corrected chi connectivity index (χ1v) is 10.4. The zero-order valence-corrected chi connectivity index (χ0v) is 17.2. The van der Waals surface area contributed by atoms with Crippen LogP contribution in [-0.2, 0) is 19.5 Å². The van der Waals surface area contributed by atoms with Crippen molar-refractivity contribution in [1.29, 1.82) is 0 Å². The lowest BCUT2D eigenvalue weighted by Crippen LogP contribution is -2.42. The Morgan fingerprint density at radius 1 is 1.16 bits per heavy atom. The van der Waals surface area contributed by atoms with E-state index in [9.17, 15) is 14.7 Å². The lowest BCUT2D eigenvalue weighted by molar-refractivity contribution is 0.0320. The maximum Gasteiger partial charge on any atom is 0.322 e. The maximum absolute atomic E-state index is 12.8. The summed E-state index contributed by atoms with van der Waals surface area (Å²) in [5.74, 6) is -0.548. The summed E-state index contributed by atoms with van der Waals surface area (Å²) in [6.45, 7) is 3.39. The van der Waals surface area contributed by atoms with Crippen molar-refractivity contribution in [2.75, 3.05) is 6.54 Å². The summed E-state index contributed by atoms with van der Waals surface area (Å²) in [4.78, 5) is 27.7. The fourth-order valence-corrected chi connectivity index (χ4v) is 4.91. The van der Waals surface area contributed by atoms with Crippen LogP contribution in [0.4, 0.5) is 4.79 Å². The molecule has 160 valence electrons. The number of rotatable bonds is 4. The molecule has 2 atom stereocenters. The number of hydroxylamine groups is 1. The highest BCUT2D eigenvalue weighted by Crippen LogP contribution is 2.37. The van der Waals surface area contributed by atoms with E-state index < -0.39 is 12.1 Å². The van der Waals surface area contributed by atoms with Gasteiger partial charge in [-0.25, -0.2) is 10.3 Å². The first kappa shape index (κ1) is 19.6. The van der Waals surface area contributed by atoms with Crippen LogP contribution in [0.2, 0.25) is 0 Å². The van der Waals surface area contributed by atoms with Crippen LogP contribution in [0.3, 0.4) is 0 Å². The Morgan fingerprint density at radius 3 is 2.61 bits per heavy atom. The molecular formula is C23H24N4O4. The van der Waals surface area contributed by atoms with Crippen molar-refractivity contribution in [2.45, 2.75) is 38.7 Å². The van der Waals surface area contributed by atoms with E-state index in [-0.39, 0.29) is 12.1 Å². The number of carbonyl (C=O) groups excluding carboxylic acids is 2. The van der Waals surface area contributed by atoms with Crippen LogP contribution in [0.1, 0.15) is 34.1 Å². The van der Waals surface area contributed by atoms with E-state index >= 15 is 0 Å². The van der Waals surface area contributed by atoms with Crippen molar-refractivity contribution in [3.63, 3.8) is 0 Å². The zero-order valence-electron chi connectivity index (χ0n) is 17.2. The third kappa shape index (κ3) is 2.98. The molecular weight excluding hydrogens is 396 g/mol. The number of amides is 3. The van der Waals surface area contributed by atoms with Gasteiger partial charge in [0.1, 0.15) is 0 Å². The molecule has 3 aromatic rings. The maximum atomic E-state index is 12.8. The first-order valence-electron chi connectivity index (χ1n) is 10.4. The number of para-hydroxylation sites is 1. The monoisotopic (exact) mass is 420 g/mol. The molecule has 31 heavy (non-hydrogen) atoms. The summed E-state index contributed by atoms with van der Waals surface area (Å²) in [6.07, 6.45) is -0.181. The minimum Gasteiger partial charge on any atom is -0.371 e. The van der Waals surface area contributed by atoms with Gasteiger partial charge in [-0.05, 0) is 42.7 Å². The average molecular weight is 420 g/mol. The van der Waals surface area contributed by atoms with Crippen molar-refractivity contribution >= 4 is 22.8 Å². The first-order chi connectivity index (χ1) is 15.0. The normalized spacial score (nSPS) is 20.2. The van der Waals surface area contributed by atoms with E-state index in [1.807, 2.05) is 31.2 Å². The van der Waals surface area contributed by atoms with E-state index in [0.29, 0.717) is 31.6 Å². The molecule has 8 heteroatoms. The van der Waals surface area contributed by atoms with Gasteiger partial charge in [0.25, 0.3) is 5.91 Å². The number of hydrogen-bond donors (Lipinski definition) is 3. The molecule has 0 aliphatic carbocycles. The third-order valence-electron chi connectivity index (χ3n) is 6.48. The second-order valence-electron chi connectivity index (χ2n) is 8.05. The quantitative estimate of drug-likeness (QED) is 0.446. The van der Waals surface area contributed by atoms with Gasteiger partial charge in [0, 0.05) is 35.2 Å².